The van der Waals surface area contributed by atoms with E-state index < -0.39 is 6.10 Å². The van der Waals surface area contributed by atoms with E-state index in [1.165, 1.54) is 20.4 Å². The van der Waals surface area contributed by atoms with E-state index in [1.54, 1.807) is 18.2 Å². The number of aromatic nitrogens is 2. The fourth-order valence-electron chi connectivity index (χ4n) is 1.83. The Balaban J connectivity index is 2.52. The minimum atomic E-state index is -0.963. The third-order valence-electron chi connectivity index (χ3n) is 2.73. The first kappa shape index (κ1) is 12.3. The highest BCUT2D eigenvalue weighted by molar-refractivity contribution is 5.53. The van der Waals surface area contributed by atoms with Crippen LogP contribution in [-0.2, 0) is 0 Å². The molecule has 0 bridgehead atoms. The predicted octanol–water partition coefficient (Wildman–Crippen LogP) is 1.09. The van der Waals surface area contributed by atoms with Gasteiger partial charge in [0.1, 0.15) is 23.4 Å². The van der Waals surface area contributed by atoms with Crippen LogP contribution in [0.25, 0.3) is 0 Å². The van der Waals surface area contributed by atoms with E-state index in [0.717, 1.165) is 0 Å². The molecule has 96 valence electrons. The number of aliphatic hydroxyl groups is 1. The van der Waals surface area contributed by atoms with Gasteiger partial charge in [0, 0.05) is 5.56 Å². The van der Waals surface area contributed by atoms with Gasteiger partial charge in [0.05, 0.1) is 26.0 Å². The zero-order chi connectivity index (χ0) is 13.1. The van der Waals surface area contributed by atoms with E-state index in [1.807, 2.05) is 0 Å². The normalized spacial score (nSPS) is 12.2. The number of nitrogens with zero attached hydrogens (tertiary/aromatic N) is 1. The zero-order valence-corrected chi connectivity index (χ0v) is 10.2. The van der Waals surface area contributed by atoms with Gasteiger partial charge in [-0.15, -0.1) is 0 Å². The molecule has 0 amide bonds. The van der Waals surface area contributed by atoms with E-state index in [4.69, 9.17) is 15.2 Å². The number of hydrogen-bond acceptors (Lipinski definition) is 5. The van der Waals surface area contributed by atoms with Crippen LogP contribution in [-0.4, -0.2) is 29.5 Å². The summed E-state index contributed by atoms with van der Waals surface area (Å²) in [7, 11) is 3.06. The topological polar surface area (TPSA) is 93.4 Å². The second-order valence-electron chi connectivity index (χ2n) is 3.72. The molecule has 0 fully saturated rings. The van der Waals surface area contributed by atoms with Crippen LogP contribution in [0.4, 0.5) is 5.82 Å². The van der Waals surface area contributed by atoms with Gasteiger partial charge < -0.3 is 20.3 Å². The van der Waals surface area contributed by atoms with Crippen molar-refractivity contribution in [3.05, 3.63) is 35.5 Å². The average molecular weight is 249 g/mol. The second-order valence-corrected chi connectivity index (χ2v) is 3.72. The average Bonchev–Trinajstić information content (AvgIpc) is 2.83. The van der Waals surface area contributed by atoms with Gasteiger partial charge in [-0.2, -0.15) is 5.10 Å². The number of benzene rings is 1. The predicted molar refractivity (Wildman–Crippen MR) is 66.6 cm³/mol. The number of methoxy groups -OCH3 is 2. The number of nitrogen functional groups attached to an aromatic ring is 1. The van der Waals surface area contributed by atoms with Gasteiger partial charge in [-0.05, 0) is 12.1 Å². The van der Waals surface area contributed by atoms with E-state index in [0.29, 0.717) is 28.4 Å². The van der Waals surface area contributed by atoms with Gasteiger partial charge in [-0.25, -0.2) is 0 Å². The van der Waals surface area contributed by atoms with Crippen molar-refractivity contribution in [1.82, 2.24) is 10.2 Å². The van der Waals surface area contributed by atoms with Crippen molar-refractivity contribution >= 4 is 5.82 Å². The third-order valence-corrected chi connectivity index (χ3v) is 2.73. The van der Waals surface area contributed by atoms with Crippen LogP contribution in [0.2, 0.25) is 0 Å². The summed E-state index contributed by atoms with van der Waals surface area (Å²) in [6, 6.07) is 5.28. The smallest absolute Gasteiger partial charge is 0.128 e. The maximum Gasteiger partial charge on any atom is 0.128 e. The maximum absolute atomic E-state index is 10.4. The van der Waals surface area contributed by atoms with Crippen LogP contribution in [0.5, 0.6) is 11.5 Å². The molecule has 2 aromatic rings. The molecule has 0 saturated carbocycles. The van der Waals surface area contributed by atoms with E-state index in [-0.39, 0.29) is 0 Å². The molecule has 1 unspecified atom stereocenters. The largest absolute Gasteiger partial charge is 0.496 e. The Kier molecular flexibility index (Phi) is 3.38. The molecule has 1 aromatic heterocycles. The van der Waals surface area contributed by atoms with E-state index >= 15 is 0 Å². The standard InChI is InChI=1S/C12H15N3O3/c1-17-8-4-3-5-9(18-2)10(8)11(16)7-6-14-15-12(7)13/h3-6,11,16H,1-2H3,(H3,13,14,15). The van der Waals surface area contributed by atoms with E-state index in [9.17, 15) is 5.11 Å². The number of nitrogens with two attached hydrogens (primary N) is 1. The summed E-state index contributed by atoms with van der Waals surface area (Å²) in [5, 5.41) is 16.8. The van der Waals surface area contributed by atoms with Gasteiger partial charge >= 0.3 is 0 Å². The summed E-state index contributed by atoms with van der Waals surface area (Å²) in [5.41, 5.74) is 6.71. The van der Waals surface area contributed by atoms with Gasteiger partial charge in [-0.3, -0.25) is 5.10 Å². The van der Waals surface area contributed by atoms with E-state index in [2.05, 4.69) is 10.2 Å². The molecule has 4 N–H and O–H groups in total. The van der Waals surface area contributed by atoms with Crippen LogP contribution >= 0.6 is 0 Å². The number of nitrogens with one attached hydrogen (secondary N) is 1. The maximum atomic E-state index is 10.4. The molecule has 6 nitrogen and oxygen atoms in total. The molecule has 0 aliphatic carbocycles. The van der Waals surface area contributed by atoms with Crippen molar-refractivity contribution in [2.75, 3.05) is 20.0 Å². The number of anilines is 1. The number of H-pyrrole nitrogens is 1. The van der Waals surface area contributed by atoms with Gasteiger partial charge in [0.2, 0.25) is 0 Å². The van der Waals surface area contributed by atoms with Crippen LogP contribution in [0.15, 0.2) is 24.4 Å². The fraction of sp³-hybridized carbons (Fsp3) is 0.250. The lowest BCUT2D eigenvalue weighted by Crippen LogP contribution is -2.06. The Morgan fingerprint density at radius 3 is 2.33 bits per heavy atom. The number of aromatic amines is 1. The quantitative estimate of drug-likeness (QED) is 0.754. The molecule has 0 spiro atoms. The number of hydrogen-bond donors (Lipinski definition) is 3. The Labute approximate surface area is 104 Å². The molecule has 0 aliphatic heterocycles. The van der Waals surface area contributed by atoms with Crippen LogP contribution < -0.4 is 15.2 Å². The lowest BCUT2D eigenvalue weighted by Gasteiger charge is -2.17. The third kappa shape index (κ3) is 1.98. The first-order valence-corrected chi connectivity index (χ1v) is 5.36. The Morgan fingerprint density at radius 2 is 1.89 bits per heavy atom. The SMILES string of the molecule is COc1cccc(OC)c1C(O)c1cn[nH]c1N. The van der Waals surface area contributed by atoms with Crippen LogP contribution in [0.1, 0.15) is 17.2 Å². The van der Waals surface area contributed by atoms with Crippen LogP contribution in [0, 0.1) is 0 Å². The molecule has 0 radical (unpaired) electrons. The molecule has 1 aromatic carbocycles. The van der Waals surface area contributed by atoms with Crippen molar-refractivity contribution < 1.29 is 14.6 Å². The summed E-state index contributed by atoms with van der Waals surface area (Å²) < 4.78 is 10.5. The summed E-state index contributed by atoms with van der Waals surface area (Å²) >= 11 is 0. The number of rotatable bonds is 4. The van der Waals surface area contributed by atoms with Crippen molar-refractivity contribution in [3.63, 3.8) is 0 Å². The first-order chi connectivity index (χ1) is 8.69. The minimum Gasteiger partial charge on any atom is -0.496 e. The lowest BCUT2D eigenvalue weighted by molar-refractivity contribution is 0.209. The summed E-state index contributed by atoms with van der Waals surface area (Å²) in [5.74, 6) is 1.38. The molecular weight excluding hydrogens is 234 g/mol. The molecule has 0 aliphatic rings. The Bertz CT molecular complexity index is 517. The van der Waals surface area contributed by atoms with Gasteiger partial charge in [0.25, 0.3) is 0 Å². The number of ether oxygens (including phenoxy) is 2. The molecule has 2 rings (SSSR count). The van der Waals surface area contributed by atoms with Crippen LogP contribution in [0.3, 0.4) is 0 Å². The van der Waals surface area contributed by atoms with Gasteiger partial charge in [0.15, 0.2) is 0 Å². The zero-order valence-electron chi connectivity index (χ0n) is 10.2. The highest BCUT2D eigenvalue weighted by Crippen LogP contribution is 2.38. The summed E-state index contributed by atoms with van der Waals surface area (Å²) in [6.07, 6.45) is 0.515. The number of aliphatic hydroxyl groups excluding tert-OH is 1. The van der Waals surface area contributed by atoms with Crippen molar-refractivity contribution in [1.29, 1.82) is 0 Å². The van der Waals surface area contributed by atoms with Gasteiger partial charge in [-0.1, -0.05) is 6.07 Å². The molecular formula is C12H15N3O3. The molecule has 1 atom stereocenters. The lowest BCUT2D eigenvalue weighted by atomic mass is 10.0. The molecule has 0 saturated heterocycles. The Morgan fingerprint density at radius 1 is 1.28 bits per heavy atom. The molecule has 6 heteroatoms. The highest BCUT2D eigenvalue weighted by atomic mass is 16.5. The fourth-order valence-corrected chi connectivity index (χ4v) is 1.83. The van der Waals surface area contributed by atoms with Crippen molar-refractivity contribution in [2.24, 2.45) is 0 Å². The van der Waals surface area contributed by atoms with Crippen molar-refractivity contribution in [2.45, 2.75) is 6.10 Å². The molecule has 1 heterocycles. The Hall–Kier alpha value is -2.21. The minimum absolute atomic E-state index is 0.315. The summed E-state index contributed by atoms with van der Waals surface area (Å²) in [4.78, 5) is 0. The van der Waals surface area contributed by atoms with Crippen molar-refractivity contribution in [3.8, 4) is 11.5 Å². The highest BCUT2D eigenvalue weighted by Gasteiger charge is 2.23. The first-order valence-electron chi connectivity index (χ1n) is 5.36. The summed E-state index contributed by atoms with van der Waals surface area (Å²) in [6.45, 7) is 0. The molecule has 18 heavy (non-hydrogen) atoms. The second kappa shape index (κ2) is 4.97. The monoisotopic (exact) mass is 249 g/mol.